The van der Waals surface area contributed by atoms with E-state index in [2.05, 4.69) is 5.32 Å². The van der Waals surface area contributed by atoms with Crippen molar-refractivity contribution in [1.82, 2.24) is 19.7 Å². The Morgan fingerprint density at radius 2 is 1.67 bits per heavy atom. The van der Waals surface area contributed by atoms with Crippen LogP contribution in [0, 0.1) is 5.82 Å². The number of fused-ring (bicyclic) bond motifs is 2. The predicted octanol–water partition coefficient (Wildman–Crippen LogP) is -0.981. The summed E-state index contributed by atoms with van der Waals surface area (Å²) in [6.45, 7) is 1.90. The van der Waals surface area contributed by atoms with Gasteiger partial charge in [-0.1, -0.05) is 30.3 Å². The van der Waals surface area contributed by atoms with Gasteiger partial charge in [-0.2, -0.15) is 0 Å². The second-order valence-corrected chi connectivity index (χ2v) is 13.8. The van der Waals surface area contributed by atoms with Gasteiger partial charge in [0, 0.05) is 56.1 Å². The maximum absolute atomic E-state index is 15.5. The first-order valence-corrected chi connectivity index (χ1v) is 17.1. The zero-order valence-electron chi connectivity index (χ0n) is 28.5. The molecule has 4 aliphatic rings. The van der Waals surface area contributed by atoms with E-state index in [-0.39, 0.29) is 71.7 Å². The van der Waals surface area contributed by atoms with Crippen molar-refractivity contribution in [2.45, 2.75) is 36.2 Å². The standard InChI is InChI=1S/C34H32FN5O9S.Na.H/c35-22-12-20-23(39(19-6-7-19)15-21(28(20)41)32(44)45)13-24(22)38-10-8-37(9-11-38)14-18-16-50-31-26(30(43)40(31)27(18)34(48)49)36-29(42)25(33(46)47)17-4-2-1-3-5-17;;/h1-5,12-13,15,19,25-26,31H,6-11,14,16H2,(H,36,42)(H,44,45)(H,46,47)(H,48,49);;/q;+1;-1/t25?,26-,31-;;/m0../s1. The number of benzene rings is 2. The van der Waals surface area contributed by atoms with E-state index >= 15 is 4.39 Å². The molecule has 3 atom stereocenters. The van der Waals surface area contributed by atoms with Gasteiger partial charge in [-0.3, -0.25) is 29.0 Å². The smallest absolute Gasteiger partial charge is 1.00 e. The predicted molar refractivity (Wildman–Crippen MR) is 180 cm³/mol. The van der Waals surface area contributed by atoms with E-state index in [4.69, 9.17) is 0 Å². The van der Waals surface area contributed by atoms with Gasteiger partial charge in [0.25, 0.3) is 5.91 Å². The van der Waals surface area contributed by atoms with E-state index in [0.29, 0.717) is 37.3 Å². The number of nitrogens with one attached hydrogen (secondary N) is 1. The van der Waals surface area contributed by atoms with Crippen LogP contribution >= 0.6 is 11.8 Å². The molecule has 2 saturated heterocycles. The molecule has 14 nitrogen and oxygen atoms in total. The van der Waals surface area contributed by atoms with E-state index in [0.717, 1.165) is 23.8 Å². The number of rotatable bonds is 10. The number of aromatic carboxylic acids is 1. The number of aromatic nitrogens is 1. The quantitative estimate of drug-likeness (QED) is 0.114. The number of carbonyl (C=O) groups is 5. The Bertz CT molecular complexity index is 2060. The third kappa shape index (κ3) is 6.78. The fraction of sp³-hybridized carbons (Fsp3) is 0.353. The van der Waals surface area contributed by atoms with E-state index in [1.165, 1.54) is 30.1 Å². The van der Waals surface area contributed by atoms with E-state index < -0.39 is 63.9 Å². The van der Waals surface area contributed by atoms with Crippen molar-refractivity contribution in [3.63, 3.8) is 0 Å². The average Bonchev–Trinajstić information content (AvgIpc) is 3.93. The summed E-state index contributed by atoms with van der Waals surface area (Å²) in [4.78, 5) is 80.1. The van der Waals surface area contributed by atoms with Gasteiger partial charge in [0.1, 0.15) is 28.5 Å². The fourth-order valence-corrected chi connectivity index (χ4v) is 8.25. The summed E-state index contributed by atoms with van der Waals surface area (Å²) in [5.74, 6) is -7.45. The molecule has 1 aliphatic carbocycles. The van der Waals surface area contributed by atoms with Crippen LogP contribution in [0.3, 0.4) is 0 Å². The molecule has 2 amide bonds. The molecule has 4 N–H and O–H groups in total. The van der Waals surface area contributed by atoms with Crippen LogP contribution in [0.5, 0.6) is 0 Å². The summed E-state index contributed by atoms with van der Waals surface area (Å²) in [6, 6.07) is 9.56. The van der Waals surface area contributed by atoms with E-state index in [9.17, 15) is 44.1 Å². The van der Waals surface area contributed by atoms with Crippen LogP contribution in [-0.2, 0) is 19.2 Å². The van der Waals surface area contributed by atoms with Crippen molar-refractivity contribution in [3.05, 3.63) is 87.1 Å². The number of hydrogen-bond donors (Lipinski definition) is 4. The van der Waals surface area contributed by atoms with Crippen LogP contribution in [0.25, 0.3) is 10.9 Å². The molecule has 7 rings (SSSR count). The summed E-state index contributed by atoms with van der Waals surface area (Å²) in [5.41, 5.74) is 0.220. The Morgan fingerprint density at radius 1 is 0.980 bits per heavy atom. The maximum atomic E-state index is 15.5. The van der Waals surface area contributed by atoms with Gasteiger partial charge in [-0.25, -0.2) is 14.0 Å². The molecular weight excluding hydrogens is 696 g/mol. The van der Waals surface area contributed by atoms with Crippen LogP contribution in [-0.4, -0.2) is 109 Å². The number of piperazine rings is 1. The second kappa shape index (κ2) is 14.4. The molecule has 0 radical (unpaired) electrons. The summed E-state index contributed by atoms with van der Waals surface area (Å²) in [6.07, 6.45) is 2.99. The Morgan fingerprint density at radius 3 is 2.27 bits per heavy atom. The molecule has 3 aromatic rings. The minimum atomic E-state index is -1.54. The van der Waals surface area contributed by atoms with Crippen LogP contribution in [0.1, 0.15) is 42.1 Å². The van der Waals surface area contributed by atoms with E-state index in [1.807, 2.05) is 9.80 Å². The number of β-lactam (4-membered cyclic amide) rings is 1. The second-order valence-electron chi connectivity index (χ2n) is 12.7. The number of halogens is 1. The zero-order chi connectivity index (χ0) is 35.4. The third-order valence-corrected chi connectivity index (χ3v) is 10.9. The van der Waals surface area contributed by atoms with Gasteiger partial charge in [0.15, 0.2) is 5.92 Å². The molecule has 262 valence electrons. The molecule has 2 aromatic carbocycles. The number of anilines is 1. The minimum absolute atomic E-state index is 0. The molecule has 1 saturated carbocycles. The van der Waals surface area contributed by atoms with Gasteiger partial charge in [-0.05, 0) is 36.1 Å². The first-order valence-electron chi connectivity index (χ1n) is 16.0. The molecule has 3 fully saturated rings. The zero-order valence-corrected chi connectivity index (χ0v) is 30.3. The Labute approximate surface area is 317 Å². The van der Waals surface area contributed by atoms with Gasteiger partial charge < -0.3 is 31.5 Å². The van der Waals surface area contributed by atoms with Crippen LogP contribution in [0.2, 0.25) is 0 Å². The van der Waals surface area contributed by atoms with Crippen molar-refractivity contribution in [1.29, 1.82) is 0 Å². The van der Waals surface area contributed by atoms with Crippen LogP contribution in [0.15, 0.2) is 64.7 Å². The number of nitrogens with zero attached hydrogens (tertiary/aromatic N) is 4. The summed E-state index contributed by atoms with van der Waals surface area (Å²) in [5, 5.41) is 31.2. The number of thioether (sulfide) groups is 1. The van der Waals surface area contributed by atoms with E-state index in [1.54, 1.807) is 28.8 Å². The Kier molecular flexibility index (Phi) is 10.3. The number of pyridine rings is 1. The molecule has 1 aromatic heterocycles. The molecule has 0 spiro atoms. The molecule has 1 unspecified atom stereocenters. The topological polar surface area (TPSA) is 190 Å². The average molecular weight is 730 g/mol. The normalized spacial score (nSPS) is 21.0. The Hall–Kier alpha value is -4.22. The van der Waals surface area contributed by atoms with Gasteiger partial charge in [0.05, 0.1) is 11.2 Å². The fourth-order valence-electron chi connectivity index (χ4n) is 6.92. The van der Waals surface area contributed by atoms with Crippen molar-refractivity contribution in [2.24, 2.45) is 0 Å². The van der Waals surface area contributed by atoms with Crippen LogP contribution in [0.4, 0.5) is 10.1 Å². The number of carbonyl (C=O) groups excluding carboxylic acids is 2. The van der Waals surface area contributed by atoms with Gasteiger partial charge >= 0.3 is 47.5 Å². The van der Waals surface area contributed by atoms with Gasteiger partial charge in [0.2, 0.25) is 11.3 Å². The maximum Gasteiger partial charge on any atom is 1.00 e. The Balaban J connectivity index is 0.00000261. The largest absolute Gasteiger partial charge is 1.00 e. The molecule has 0 bridgehead atoms. The number of amides is 2. The molecule has 4 heterocycles. The molecule has 17 heteroatoms. The summed E-state index contributed by atoms with van der Waals surface area (Å²) >= 11 is 1.28. The number of carboxylic acids is 3. The van der Waals surface area contributed by atoms with Crippen molar-refractivity contribution in [3.8, 4) is 0 Å². The summed E-state index contributed by atoms with van der Waals surface area (Å²) in [7, 11) is 0. The first kappa shape index (κ1) is 36.6. The number of aliphatic carboxylic acids is 2. The summed E-state index contributed by atoms with van der Waals surface area (Å²) < 4.78 is 17.2. The molecule has 3 aliphatic heterocycles. The van der Waals surface area contributed by atoms with Gasteiger partial charge in [-0.15, -0.1) is 11.8 Å². The SMILES string of the molecule is O=C(O)C1=C(CN2CCN(c3cc4c(cc3F)c(=O)c(C(=O)O)cn4C3CC3)CC2)CS[C@H]2[C@@H](NC(=O)C(C(=O)O)c3ccccc3)C(=O)N12.[H-].[Na+]. The minimum Gasteiger partial charge on any atom is -1.00 e. The number of carboxylic acid groups (broad SMARTS) is 3. The number of hydrogen-bond acceptors (Lipinski definition) is 9. The first-order chi connectivity index (χ1) is 23.9. The van der Waals surface area contributed by atoms with Crippen molar-refractivity contribution < 1.29 is 74.7 Å². The van der Waals surface area contributed by atoms with Crippen LogP contribution < -0.4 is 45.2 Å². The van der Waals surface area contributed by atoms with Crippen molar-refractivity contribution >= 4 is 58.1 Å². The molecule has 51 heavy (non-hydrogen) atoms. The monoisotopic (exact) mass is 729 g/mol. The van der Waals surface area contributed by atoms with Crippen molar-refractivity contribution in [2.75, 3.05) is 43.4 Å². The third-order valence-electron chi connectivity index (χ3n) is 9.59. The molecular formula is C34H33FN5NaO9S.